The lowest BCUT2D eigenvalue weighted by molar-refractivity contribution is 0.949. The number of rotatable bonds is 1. The fourth-order valence-corrected chi connectivity index (χ4v) is 1.73. The SMILES string of the molecule is Bc1ccc(N2CCCC2)cc1. The Bertz CT molecular complexity index is 249. The second kappa shape index (κ2) is 3.22. The molecule has 0 spiro atoms. The minimum atomic E-state index is 1.24. The van der Waals surface area contributed by atoms with Gasteiger partial charge in [0, 0.05) is 18.8 Å². The highest BCUT2D eigenvalue weighted by Gasteiger charge is 2.10. The van der Waals surface area contributed by atoms with Gasteiger partial charge in [0.1, 0.15) is 7.85 Å². The van der Waals surface area contributed by atoms with Gasteiger partial charge in [-0.05, 0) is 25.0 Å². The molecule has 2 rings (SSSR count). The van der Waals surface area contributed by atoms with Crippen LogP contribution in [-0.2, 0) is 0 Å². The van der Waals surface area contributed by atoms with Crippen LogP contribution in [0.2, 0.25) is 0 Å². The van der Waals surface area contributed by atoms with Crippen LogP contribution in [0, 0.1) is 0 Å². The second-order valence-electron chi connectivity index (χ2n) is 3.53. The van der Waals surface area contributed by atoms with E-state index in [0.29, 0.717) is 0 Å². The highest BCUT2D eigenvalue weighted by molar-refractivity contribution is 6.32. The maximum atomic E-state index is 2.46. The normalized spacial score (nSPS) is 16.8. The Balaban J connectivity index is 2.17. The van der Waals surface area contributed by atoms with E-state index in [0.717, 1.165) is 0 Å². The smallest absolute Gasteiger partial charge is 0.139 e. The molecule has 0 unspecified atom stereocenters. The molecule has 12 heavy (non-hydrogen) atoms. The first-order valence-corrected chi connectivity index (χ1v) is 4.68. The Hall–Kier alpha value is -0.915. The molecule has 0 aliphatic carbocycles. The Morgan fingerprint density at radius 1 is 1.00 bits per heavy atom. The Kier molecular flexibility index (Phi) is 2.07. The first-order valence-electron chi connectivity index (χ1n) is 4.68. The number of benzene rings is 1. The van der Waals surface area contributed by atoms with Gasteiger partial charge in [0.05, 0.1) is 0 Å². The standard InChI is InChI=1S/C10H14BN/c11-9-3-5-10(6-4-9)12-7-1-2-8-12/h3-6H,1-2,7-8,11H2. The van der Waals surface area contributed by atoms with Gasteiger partial charge in [0.25, 0.3) is 0 Å². The summed E-state index contributed by atoms with van der Waals surface area (Å²) in [6.45, 7) is 2.48. The van der Waals surface area contributed by atoms with E-state index in [1.807, 2.05) is 0 Å². The van der Waals surface area contributed by atoms with Crippen molar-refractivity contribution in [3.05, 3.63) is 24.3 Å². The van der Waals surface area contributed by atoms with Crippen LogP contribution in [0.5, 0.6) is 0 Å². The van der Waals surface area contributed by atoms with Crippen LogP contribution in [0.4, 0.5) is 5.69 Å². The summed E-state index contributed by atoms with van der Waals surface area (Å²) in [6.07, 6.45) is 2.71. The summed E-state index contributed by atoms with van der Waals surface area (Å²) in [5.41, 5.74) is 2.73. The van der Waals surface area contributed by atoms with Gasteiger partial charge in [0.15, 0.2) is 0 Å². The predicted molar refractivity (Wildman–Crippen MR) is 56.1 cm³/mol. The maximum Gasteiger partial charge on any atom is 0.139 e. The van der Waals surface area contributed by atoms with Crippen LogP contribution in [0.25, 0.3) is 0 Å². The van der Waals surface area contributed by atoms with Crippen molar-refractivity contribution in [2.24, 2.45) is 0 Å². The molecule has 1 saturated heterocycles. The molecule has 2 heteroatoms. The fraction of sp³-hybridized carbons (Fsp3) is 0.400. The van der Waals surface area contributed by atoms with Gasteiger partial charge in [-0.1, -0.05) is 17.6 Å². The molecule has 62 valence electrons. The summed E-state index contributed by atoms with van der Waals surface area (Å²) < 4.78 is 0. The molecule has 0 amide bonds. The van der Waals surface area contributed by atoms with Crippen LogP contribution < -0.4 is 10.4 Å². The minimum Gasteiger partial charge on any atom is -0.372 e. The number of nitrogens with zero attached hydrogens (tertiary/aromatic N) is 1. The van der Waals surface area contributed by atoms with Gasteiger partial charge in [-0.2, -0.15) is 0 Å². The lowest BCUT2D eigenvalue weighted by Gasteiger charge is -2.17. The van der Waals surface area contributed by atoms with Crippen molar-refractivity contribution in [2.45, 2.75) is 12.8 Å². The van der Waals surface area contributed by atoms with Crippen molar-refractivity contribution < 1.29 is 0 Å². The molecule has 1 fully saturated rings. The van der Waals surface area contributed by atoms with Crippen LogP contribution in [0.15, 0.2) is 24.3 Å². The highest BCUT2D eigenvalue weighted by Crippen LogP contribution is 2.18. The first-order chi connectivity index (χ1) is 5.86. The molecule has 1 aliphatic heterocycles. The zero-order valence-electron chi connectivity index (χ0n) is 7.59. The zero-order valence-corrected chi connectivity index (χ0v) is 7.59. The van der Waals surface area contributed by atoms with Gasteiger partial charge in [-0.25, -0.2) is 0 Å². The third-order valence-corrected chi connectivity index (χ3v) is 2.51. The van der Waals surface area contributed by atoms with E-state index >= 15 is 0 Å². The van der Waals surface area contributed by atoms with E-state index < -0.39 is 0 Å². The lowest BCUT2D eigenvalue weighted by Crippen LogP contribution is -2.18. The summed E-state index contributed by atoms with van der Waals surface area (Å²) >= 11 is 0. The summed E-state index contributed by atoms with van der Waals surface area (Å²) in [6, 6.07) is 8.82. The van der Waals surface area contributed by atoms with E-state index in [4.69, 9.17) is 0 Å². The van der Waals surface area contributed by atoms with E-state index in [1.165, 1.54) is 37.1 Å². The van der Waals surface area contributed by atoms with Crippen LogP contribution in [0.1, 0.15) is 12.8 Å². The van der Waals surface area contributed by atoms with Gasteiger partial charge >= 0.3 is 0 Å². The van der Waals surface area contributed by atoms with Crippen molar-refractivity contribution in [3.8, 4) is 0 Å². The zero-order chi connectivity index (χ0) is 8.39. The third-order valence-electron chi connectivity index (χ3n) is 2.51. The van der Waals surface area contributed by atoms with Crippen molar-refractivity contribution >= 4 is 19.0 Å². The molecule has 1 heterocycles. The first kappa shape index (κ1) is 7.72. The average Bonchev–Trinajstić information content (AvgIpc) is 2.58. The Morgan fingerprint density at radius 2 is 1.58 bits per heavy atom. The molecule has 1 aromatic rings. The molecule has 0 N–H and O–H groups in total. The maximum absolute atomic E-state index is 2.46. The van der Waals surface area contributed by atoms with Crippen molar-refractivity contribution in [1.29, 1.82) is 0 Å². The van der Waals surface area contributed by atoms with Crippen LogP contribution in [-0.4, -0.2) is 20.9 Å². The molecule has 1 aliphatic rings. The molecular formula is C10H14BN. The molecule has 0 saturated carbocycles. The molecular weight excluding hydrogens is 145 g/mol. The highest BCUT2D eigenvalue weighted by atomic mass is 15.1. The quantitative estimate of drug-likeness (QED) is 0.540. The topological polar surface area (TPSA) is 3.24 Å². The Labute approximate surface area is 74.8 Å². The average molecular weight is 159 g/mol. The van der Waals surface area contributed by atoms with Gasteiger partial charge in [-0.3, -0.25) is 0 Å². The minimum absolute atomic E-state index is 1.24. The summed E-state index contributed by atoms with van der Waals surface area (Å²) in [7, 11) is 2.13. The number of hydrogen-bond acceptors (Lipinski definition) is 1. The summed E-state index contributed by atoms with van der Waals surface area (Å²) in [4.78, 5) is 2.46. The van der Waals surface area contributed by atoms with Gasteiger partial charge < -0.3 is 4.90 Å². The van der Waals surface area contributed by atoms with Crippen LogP contribution in [0.3, 0.4) is 0 Å². The Morgan fingerprint density at radius 3 is 2.17 bits per heavy atom. The van der Waals surface area contributed by atoms with Crippen molar-refractivity contribution in [2.75, 3.05) is 18.0 Å². The van der Waals surface area contributed by atoms with Crippen molar-refractivity contribution in [3.63, 3.8) is 0 Å². The summed E-state index contributed by atoms with van der Waals surface area (Å²) in [5.74, 6) is 0. The molecule has 0 aromatic heterocycles. The third kappa shape index (κ3) is 1.47. The summed E-state index contributed by atoms with van der Waals surface area (Å²) in [5, 5.41) is 0. The second-order valence-corrected chi connectivity index (χ2v) is 3.53. The monoisotopic (exact) mass is 159 g/mol. The van der Waals surface area contributed by atoms with E-state index in [2.05, 4.69) is 37.0 Å². The number of hydrogen-bond donors (Lipinski definition) is 0. The number of anilines is 1. The van der Waals surface area contributed by atoms with E-state index in [-0.39, 0.29) is 0 Å². The van der Waals surface area contributed by atoms with Gasteiger partial charge in [0.2, 0.25) is 0 Å². The molecule has 1 aromatic carbocycles. The molecule has 1 nitrogen and oxygen atoms in total. The van der Waals surface area contributed by atoms with Crippen LogP contribution >= 0.6 is 0 Å². The molecule has 0 radical (unpaired) electrons. The largest absolute Gasteiger partial charge is 0.372 e. The van der Waals surface area contributed by atoms with Gasteiger partial charge in [-0.15, -0.1) is 0 Å². The van der Waals surface area contributed by atoms with E-state index in [9.17, 15) is 0 Å². The van der Waals surface area contributed by atoms with E-state index in [1.54, 1.807) is 0 Å². The molecule has 0 bridgehead atoms. The van der Waals surface area contributed by atoms with Crippen molar-refractivity contribution in [1.82, 2.24) is 0 Å². The predicted octanol–water partition coefficient (Wildman–Crippen LogP) is 0.545. The fourth-order valence-electron chi connectivity index (χ4n) is 1.73. The molecule has 0 atom stereocenters. The lowest BCUT2D eigenvalue weighted by atomic mass is 9.96.